The van der Waals surface area contributed by atoms with E-state index in [9.17, 15) is 4.79 Å². The molecule has 0 spiro atoms. The van der Waals surface area contributed by atoms with Crippen LogP contribution in [0.4, 0.5) is 0 Å². The summed E-state index contributed by atoms with van der Waals surface area (Å²) < 4.78 is 6.54. The topological polar surface area (TPSA) is 59.2 Å². The second kappa shape index (κ2) is 8.61. The molecule has 0 N–H and O–H groups in total. The molecule has 134 valence electrons. The van der Waals surface area contributed by atoms with Gasteiger partial charge in [-0.25, -0.2) is 0 Å². The number of carbonyl (C=O) groups excluding carboxylic acids is 1. The number of halogens is 1. The summed E-state index contributed by atoms with van der Waals surface area (Å²) in [6.45, 7) is 2.93. The minimum absolute atomic E-state index is 0.0837. The highest BCUT2D eigenvalue weighted by Crippen LogP contribution is 2.32. The number of hydrogen-bond donors (Lipinski definition) is 0. The molecule has 1 amide bonds. The van der Waals surface area contributed by atoms with Gasteiger partial charge in [-0.15, -0.1) is 0 Å². The van der Waals surface area contributed by atoms with Crippen molar-refractivity contribution < 1.29 is 9.32 Å². The molecule has 3 rings (SSSR count). The van der Waals surface area contributed by atoms with Gasteiger partial charge in [-0.3, -0.25) is 4.79 Å². The minimum atomic E-state index is -0.0837. The van der Waals surface area contributed by atoms with E-state index in [0.717, 1.165) is 55.1 Å². The number of nitrogens with zero attached hydrogens (tertiary/aromatic N) is 3. The molecular formula is C19H24BrN3O2. The zero-order valence-electron chi connectivity index (χ0n) is 14.6. The Kier molecular flexibility index (Phi) is 6.24. The number of rotatable bonds is 6. The van der Waals surface area contributed by atoms with Crippen LogP contribution in [-0.4, -0.2) is 27.5 Å². The highest BCUT2D eigenvalue weighted by molar-refractivity contribution is 9.10. The van der Waals surface area contributed by atoms with Gasteiger partial charge in [-0.05, 0) is 49.9 Å². The number of likely N-dealkylation sites (tertiary alicyclic amines) is 1. The van der Waals surface area contributed by atoms with Crippen LogP contribution in [0.2, 0.25) is 0 Å². The first-order valence-electron chi connectivity index (χ1n) is 9.08. The number of hydrogen-bond acceptors (Lipinski definition) is 4. The van der Waals surface area contributed by atoms with Crippen LogP contribution in [0, 0.1) is 0 Å². The lowest BCUT2D eigenvalue weighted by Gasteiger charge is -2.33. The number of benzene rings is 1. The summed E-state index contributed by atoms with van der Waals surface area (Å²) in [5.41, 5.74) is 0.912. The van der Waals surface area contributed by atoms with Crippen molar-refractivity contribution >= 4 is 21.8 Å². The van der Waals surface area contributed by atoms with E-state index < -0.39 is 0 Å². The standard InChI is InChI=1S/C19H24BrN3O2/c1-2-3-4-8-17(24)23-13-6-5-7-16(23)19-21-18(22-25-19)14-9-11-15(20)12-10-14/h9-12,16H,2-8,13H2,1H3. The Labute approximate surface area is 156 Å². The Morgan fingerprint density at radius 3 is 2.84 bits per heavy atom. The predicted octanol–water partition coefficient (Wildman–Crippen LogP) is 5.13. The quantitative estimate of drug-likeness (QED) is 0.624. The maximum atomic E-state index is 12.6. The molecule has 0 bridgehead atoms. The molecule has 1 aromatic heterocycles. The second-order valence-electron chi connectivity index (χ2n) is 6.52. The van der Waals surface area contributed by atoms with Gasteiger partial charge in [-0.2, -0.15) is 4.98 Å². The van der Waals surface area contributed by atoms with Crippen molar-refractivity contribution in [2.45, 2.75) is 57.9 Å². The Balaban J connectivity index is 1.74. The highest BCUT2D eigenvalue weighted by atomic mass is 79.9. The molecule has 0 radical (unpaired) electrons. The second-order valence-corrected chi connectivity index (χ2v) is 7.43. The number of unbranched alkanes of at least 4 members (excludes halogenated alkanes) is 2. The Morgan fingerprint density at radius 1 is 1.28 bits per heavy atom. The van der Waals surface area contributed by atoms with E-state index in [0.29, 0.717) is 18.1 Å². The van der Waals surface area contributed by atoms with E-state index in [1.807, 2.05) is 29.2 Å². The third kappa shape index (κ3) is 4.48. The summed E-state index contributed by atoms with van der Waals surface area (Å²) in [6, 6.07) is 7.73. The number of amides is 1. The molecular weight excluding hydrogens is 382 g/mol. The van der Waals surface area contributed by atoms with E-state index in [4.69, 9.17) is 4.52 Å². The first-order chi connectivity index (χ1) is 12.2. The monoisotopic (exact) mass is 405 g/mol. The summed E-state index contributed by atoms with van der Waals surface area (Å²) in [5, 5.41) is 4.12. The van der Waals surface area contributed by atoms with Crippen molar-refractivity contribution in [3.05, 3.63) is 34.6 Å². The van der Waals surface area contributed by atoms with Gasteiger partial charge >= 0.3 is 0 Å². The van der Waals surface area contributed by atoms with Crippen molar-refractivity contribution in [3.63, 3.8) is 0 Å². The van der Waals surface area contributed by atoms with E-state index in [1.54, 1.807) is 0 Å². The molecule has 1 unspecified atom stereocenters. The molecule has 2 heterocycles. The van der Waals surface area contributed by atoms with Crippen molar-refractivity contribution in [2.75, 3.05) is 6.54 Å². The fourth-order valence-corrected chi connectivity index (χ4v) is 3.51. The number of piperidine rings is 1. The van der Waals surface area contributed by atoms with Crippen LogP contribution in [-0.2, 0) is 4.79 Å². The average Bonchev–Trinajstić information content (AvgIpc) is 3.12. The van der Waals surface area contributed by atoms with E-state index in [1.165, 1.54) is 0 Å². The maximum absolute atomic E-state index is 12.6. The van der Waals surface area contributed by atoms with Crippen LogP contribution < -0.4 is 0 Å². The van der Waals surface area contributed by atoms with Gasteiger partial charge in [0.15, 0.2) is 0 Å². The van der Waals surface area contributed by atoms with Gasteiger partial charge in [0.2, 0.25) is 17.6 Å². The molecule has 1 saturated heterocycles. The zero-order chi connectivity index (χ0) is 17.6. The van der Waals surface area contributed by atoms with Crippen LogP contribution in [0.15, 0.2) is 33.3 Å². The molecule has 1 fully saturated rings. The molecule has 0 saturated carbocycles. The van der Waals surface area contributed by atoms with Gasteiger partial charge in [0, 0.05) is 23.0 Å². The summed E-state index contributed by atoms with van der Waals surface area (Å²) in [4.78, 5) is 19.1. The molecule has 0 aliphatic carbocycles. The summed E-state index contributed by atoms with van der Waals surface area (Å²) in [7, 11) is 0. The zero-order valence-corrected chi connectivity index (χ0v) is 16.2. The fraction of sp³-hybridized carbons (Fsp3) is 0.526. The van der Waals surface area contributed by atoms with Crippen LogP contribution in [0.5, 0.6) is 0 Å². The van der Waals surface area contributed by atoms with Gasteiger partial charge in [0.1, 0.15) is 6.04 Å². The SMILES string of the molecule is CCCCCC(=O)N1CCCCC1c1nc(-c2ccc(Br)cc2)no1. The third-order valence-corrected chi connectivity index (χ3v) is 5.18. The predicted molar refractivity (Wildman–Crippen MR) is 99.9 cm³/mol. The first-order valence-corrected chi connectivity index (χ1v) is 9.87. The summed E-state index contributed by atoms with van der Waals surface area (Å²) in [6.07, 6.45) is 6.80. The van der Waals surface area contributed by atoms with Crippen molar-refractivity contribution in [1.29, 1.82) is 0 Å². The van der Waals surface area contributed by atoms with Crippen LogP contribution >= 0.6 is 15.9 Å². The molecule has 1 atom stereocenters. The van der Waals surface area contributed by atoms with E-state index >= 15 is 0 Å². The number of aromatic nitrogens is 2. The lowest BCUT2D eigenvalue weighted by Crippen LogP contribution is -2.38. The Bertz CT molecular complexity index is 699. The Hall–Kier alpha value is -1.69. The number of carbonyl (C=O) groups is 1. The highest BCUT2D eigenvalue weighted by Gasteiger charge is 2.31. The lowest BCUT2D eigenvalue weighted by molar-refractivity contribution is -0.135. The van der Waals surface area contributed by atoms with Gasteiger partial charge in [0.25, 0.3) is 0 Å². The van der Waals surface area contributed by atoms with Crippen LogP contribution in [0.25, 0.3) is 11.4 Å². The minimum Gasteiger partial charge on any atom is -0.337 e. The summed E-state index contributed by atoms with van der Waals surface area (Å²) in [5.74, 6) is 1.34. The van der Waals surface area contributed by atoms with Gasteiger partial charge < -0.3 is 9.42 Å². The third-order valence-electron chi connectivity index (χ3n) is 4.65. The van der Waals surface area contributed by atoms with E-state index in [2.05, 4.69) is 33.0 Å². The molecule has 2 aromatic rings. The molecule has 1 aliphatic heterocycles. The molecule has 1 aromatic carbocycles. The summed E-state index contributed by atoms with van der Waals surface area (Å²) >= 11 is 3.43. The average molecular weight is 406 g/mol. The fourth-order valence-electron chi connectivity index (χ4n) is 3.24. The van der Waals surface area contributed by atoms with Gasteiger partial charge in [-0.1, -0.05) is 40.9 Å². The normalized spacial score (nSPS) is 17.7. The van der Waals surface area contributed by atoms with Crippen molar-refractivity contribution in [1.82, 2.24) is 15.0 Å². The first kappa shape index (κ1) is 18.1. The van der Waals surface area contributed by atoms with Gasteiger partial charge in [0.05, 0.1) is 0 Å². The molecule has 5 nitrogen and oxygen atoms in total. The lowest BCUT2D eigenvalue weighted by atomic mass is 10.0. The van der Waals surface area contributed by atoms with Crippen LogP contribution in [0.1, 0.15) is 63.8 Å². The smallest absolute Gasteiger partial charge is 0.249 e. The largest absolute Gasteiger partial charge is 0.337 e. The van der Waals surface area contributed by atoms with Crippen LogP contribution in [0.3, 0.4) is 0 Å². The molecule has 6 heteroatoms. The molecule has 25 heavy (non-hydrogen) atoms. The Morgan fingerprint density at radius 2 is 2.08 bits per heavy atom. The molecule has 1 aliphatic rings. The van der Waals surface area contributed by atoms with Crippen molar-refractivity contribution in [2.24, 2.45) is 0 Å². The maximum Gasteiger partial charge on any atom is 0.249 e. The van der Waals surface area contributed by atoms with E-state index in [-0.39, 0.29) is 11.9 Å². The van der Waals surface area contributed by atoms with Crippen molar-refractivity contribution in [3.8, 4) is 11.4 Å².